The van der Waals surface area contributed by atoms with Crippen molar-refractivity contribution in [3.8, 4) is 6.07 Å². The van der Waals surface area contributed by atoms with E-state index in [0.29, 0.717) is 18.0 Å². The summed E-state index contributed by atoms with van der Waals surface area (Å²) in [4.78, 5) is 14.2. The van der Waals surface area contributed by atoms with Gasteiger partial charge in [-0.05, 0) is 42.0 Å². The van der Waals surface area contributed by atoms with E-state index in [4.69, 9.17) is 5.26 Å². The number of urea groups is 1. The van der Waals surface area contributed by atoms with Crippen LogP contribution in [-0.4, -0.2) is 33.8 Å². The van der Waals surface area contributed by atoms with Gasteiger partial charge in [-0.3, -0.25) is 4.68 Å². The summed E-state index contributed by atoms with van der Waals surface area (Å²) in [5, 5.41) is 16.0. The second-order valence-corrected chi connectivity index (χ2v) is 6.30. The zero-order chi connectivity index (χ0) is 16.9. The molecular weight excluding hydrogens is 302 g/mol. The van der Waals surface area contributed by atoms with Crippen molar-refractivity contribution in [3.63, 3.8) is 0 Å². The second-order valence-electron chi connectivity index (χ2n) is 6.30. The van der Waals surface area contributed by atoms with Crippen LogP contribution in [0.25, 0.3) is 0 Å². The number of benzene rings is 1. The van der Waals surface area contributed by atoms with Crippen LogP contribution in [0.2, 0.25) is 0 Å². The Morgan fingerprint density at radius 2 is 2.33 bits per heavy atom. The number of nitriles is 1. The molecule has 2 aromatic rings. The van der Waals surface area contributed by atoms with Gasteiger partial charge in [0.05, 0.1) is 17.8 Å². The molecule has 1 N–H and O–H groups in total. The Morgan fingerprint density at radius 1 is 1.46 bits per heavy atom. The number of aryl methyl sites for hydroxylation is 1. The van der Waals surface area contributed by atoms with E-state index in [1.807, 2.05) is 41.2 Å². The summed E-state index contributed by atoms with van der Waals surface area (Å²) in [5.41, 5.74) is 2.77. The van der Waals surface area contributed by atoms with Crippen molar-refractivity contribution >= 4 is 6.03 Å². The number of rotatable bonds is 4. The molecule has 1 atom stereocenters. The molecule has 1 aromatic heterocycles. The molecule has 0 radical (unpaired) electrons. The molecule has 24 heavy (non-hydrogen) atoms. The highest BCUT2D eigenvalue weighted by Gasteiger charge is 2.26. The quantitative estimate of drug-likeness (QED) is 0.936. The molecule has 124 valence electrons. The van der Waals surface area contributed by atoms with Gasteiger partial charge in [0, 0.05) is 32.9 Å². The van der Waals surface area contributed by atoms with E-state index < -0.39 is 0 Å². The number of nitrogens with one attached hydrogen (secondary N) is 1. The molecule has 0 spiro atoms. The van der Waals surface area contributed by atoms with Crippen LogP contribution >= 0.6 is 0 Å². The van der Waals surface area contributed by atoms with Gasteiger partial charge in [0.25, 0.3) is 0 Å². The van der Waals surface area contributed by atoms with Crippen molar-refractivity contribution in [2.24, 2.45) is 13.0 Å². The summed E-state index contributed by atoms with van der Waals surface area (Å²) >= 11 is 0. The smallest absolute Gasteiger partial charge is 0.317 e. The van der Waals surface area contributed by atoms with Crippen LogP contribution in [0.3, 0.4) is 0 Å². The predicted octanol–water partition coefficient (Wildman–Crippen LogP) is 2.07. The molecule has 1 saturated heterocycles. The maximum atomic E-state index is 12.3. The van der Waals surface area contributed by atoms with Gasteiger partial charge in [-0.25, -0.2) is 4.79 Å². The second kappa shape index (κ2) is 7.18. The third-order valence-corrected chi connectivity index (χ3v) is 4.36. The Hall–Kier alpha value is -2.81. The Bertz CT molecular complexity index is 761. The monoisotopic (exact) mass is 323 g/mol. The SMILES string of the molecule is Cn1cc(C[C@@H]2CCN(C(=O)NCc3cccc(C#N)c3)C2)cn1. The molecule has 3 rings (SSSR count). The molecule has 0 unspecified atom stereocenters. The molecule has 1 aliphatic rings. The number of hydrogen-bond donors (Lipinski definition) is 1. The molecule has 6 heteroatoms. The van der Waals surface area contributed by atoms with E-state index in [2.05, 4.69) is 16.5 Å². The fourth-order valence-corrected chi connectivity index (χ4v) is 3.13. The maximum absolute atomic E-state index is 12.3. The number of likely N-dealkylation sites (tertiary alicyclic amines) is 1. The van der Waals surface area contributed by atoms with E-state index in [9.17, 15) is 4.79 Å². The third-order valence-electron chi connectivity index (χ3n) is 4.36. The number of nitrogens with zero attached hydrogens (tertiary/aromatic N) is 4. The molecule has 2 amide bonds. The van der Waals surface area contributed by atoms with Gasteiger partial charge in [-0.15, -0.1) is 0 Å². The van der Waals surface area contributed by atoms with Crippen LogP contribution in [0, 0.1) is 17.2 Å². The molecule has 1 aliphatic heterocycles. The first-order valence-electron chi connectivity index (χ1n) is 8.13. The summed E-state index contributed by atoms with van der Waals surface area (Å²) in [7, 11) is 1.92. The average molecular weight is 323 g/mol. The van der Waals surface area contributed by atoms with Crippen molar-refractivity contribution < 1.29 is 4.79 Å². The number of hydrogen-bond acceptors (Lipinski definition) is 3. The zero-order valence-corrected chi connectivity index (χ0v) is 13.8. The number of carbonyl (C=O) groups excluding carboxylic acids is 1. The van der Waals surface area contributed by atoms with Crippen LogP contribution in [0.15, 0.2) is 36.7 Å². The first kappa shape index (κ1) is 16.1. The van der Waals surface area contributed by atoms with Crippen LogP contribution in [0.4, 0.5) is 4.79 Å². The van der Waals surface area contributed by atoms with Crippen molar-refractivity contribution in [1.82, 2.24) is 20.0 Å². The average Bonchev–Trinajstić information content (AvgIpc) is 3.22. The molecule has 1 fully saturated rings. The van der Waals surface area contributed by atoms with Gasteiger partial charge in [0.15, 0.2) is 0 Å². The summed E-state index contributed by atoms with van der Waals surface area (Å²) < 4.78 is 1.81. The van der Waals surface area contributed by atoms with Crippen LogP contribution in [-0.2, 0) is 20.0 Å². The topological polar surface area (TPSA) is 74.0 Å². The highest BCUT2D eigenvalue weighted by atomic mass is 16.2. The van der Waals surface area contributed by atoms with E-state index >= 15 is 0 Å². The highest BCUT2D eigenvalue weighted by Crippen LogP contribution is 2.20. The van der Waals surface area contributed by atoms with Crippen molar-refractivity contribution in [3.05, 3.63) is 53.3 Å². The molecule has 0 aliphatic carbocycles. The largest absolute Gasteiger partial charge is 0.334 e. The van der Waals surface area contributed by atoms with Gasteiger partial charge >= 0.3 is 6.03 Å². The molecule has 2 heterocycles. The van der Waals surface area contributed by atoms with Gasteiger partial charge in [0.1, 0.15) is 0 Å². The van der Waals surface area contributed by atoms with E-state index in [1.165, 1.54) is 5.56 Å². The number of amides is 2. The van der Waals surface area contributed by atoms with Crippen molar-refractivity contribution in [1.29, 1.82) is 5.26 Å². The van der Waals surface area contributed by atoms with Crippen LogP contribution in [0.1, 0.15) is 23.1 Å². The van der Waals surface area contributed by atoms with Crippen molar-refractivity contribution in [2.45, 2.75) is 19.4 Å². The molecule has 0 saturated carbocycles. The van der Waals surface area contributed by atoms with E-state index in [1.54, 1.807) is 12.1 Å². The standard InChI is InChI=1S/C18H21N5O/c1-22-12-17(11-21-22)8-16-5-6-23(13-16)18(24)20-10-15-4-2-3-14(7-15)9-19/h2-4,7,11-12,16H,5-6,8,10,13H2,1H3,(H,20,24)/t16-/m0/s1. The van der Waals surface area contributed by atoms with Crippen LogP contribution < -0.4 is 5.32 Å². The first-order chi connectivity index (χ1) is 11.6. The van der Waals surface area contributed by atoms with Gasteiger partial charge in [-0.2, -0.15) is 10.4 Å². The predicted molar refractivity (Wildman–Crippen MR) is 90.0 cm³/mol. The molecular formula is C18H21N5O. The third kappa shape index (κ3) is 3.93. The zero-order valence-electron chi connectivity index (χ0n) is 13.8. The summed E-state index contributed by atoms with van der Waals surface area (Å²) in [6.45, 7) is 2.01. The minimum absolute atomic E-state index is 0.0361. The highest BCUT2D eigenvalue weighted by molar-refractivity contribution is 5.74. The van der Waals surface area contributed by atoms with E-state index in [0.717, 1.165) is 31.5 Å². The minimum Gasteiger partial charge on any atom is -0.334 e. The summed E-state index contributed by atoms with van der Waals surface area (Å²) in [6, 6.07) is 9.38. The number of carbonyl (C=O) groups is 1. The number of aromatic nitrogens is 2. The molecule has 1 aromatic carbocycles. The maximum Gasteiger partial charge on any atom is 0.317 e. The first-order valence-corrected chi connectivity index (χ1v) is 8.13. The summed E-state index contributed by atoms with van der Waals surface area (Å²) in [6.07, 6.45) is 5.91. The molecule has 0 bridgehead atoms. The Balaban J connectivity index is 1.48. The van der Waals surface area contributed by atoms with E-state index in [-0.39, 0.29) is 6.03 Å². The Labute approximate surface area is 141 Å². The fourth-order valence-electron chi connectivity index (χ4n) is 3.13. The van der Waals surface area contributed by atoms with Gasteiger partial charge in [-0.1, -0.05) is 12.1 Å². The lowest BCUT2D eigenvalue weighted by Gasteiger charge is -2.17. The summed E-state index contributed by atoms with van der Waals surface area (Å²) in [5.74, 6) is 0.488. The normalized spacial score (nSPS) is 16.8. The Morgan fingerprint density at radius 3 is 3.08 bits per heavy atom. The molecule has 6 nitrogen and oxygen atoms in total. The minimum atomic E-state index is -0.0361. The van der Waals surface area contributed by atoms with Crippen molar-refractivity contribution in [2.75, 3.05) is 13.1 Å². The lowest BCUT2D eigenvalue weighted by Crippen LogP contribution is -2.38. The lowest BCUT2D eigenvalue weighted by molar-refractivity contribution is 0.206. The fraction of sp³-hybridized carbons (Fsp3) is 0.389. The Kier molecular flexibility index (Phi) is 4.80. The van der Waals surface area contributed by atoms with Gasteiger partial charge < -0.3 is 10.2 Å². The van der Waals surface area contributed by atoms with Gasteiger partial charge in [0.2, 0.25) is 0 Å². The van der Waals surface area contributed by atoms with Crippen LogP contribution in [0.5, 0.6) is 0 Å². The lowest BCUT2D eigenvalue weighted by atomic mass is 10.0.